The highest BCUT2D eigenvalue weighted by molar-refractivity contribution is 9.11. The number of carbonyl (C=O) groups is 2. The predicted molar refractivity (Wildman–Crippen MR) is 126 cm³/mol. The average molecular weight is 554 g/mol. The number of halogens is 2. The van der Waals surface area contributed by atoms with E-state index in [1.54, 1.807) is 18.2 Å². The number of carbonyl (C=O) groups excluding carboxylic acids is 2. The molecule has 0 radical (unpaired) electrons. The normalized spacial score (nSPS) is 15.3. The zero-order chi connectivity index (χ0) is 22.0. The quantitative estimate of drug-likeness (QED) is 0.331. The molecule has 1 saturated heterocycles. The summed E-state index contributed by atoms with van der Waals surface area (Å²) < 4.78 is 5.70. The lowest BCUT2D eigenvalue weighted by atomic mass is 10.1. The predicted octanol–water partition coefficient (Wildman–Crippen LogP) is 4.63. The number of phenols is 1. The number of hydrogen-bond donors (Lipinski definition) is 1. The number of amides is 1. The molecule has 0 spiro atoms. The lowest BCUT2D eigenvalue weighted by molar-refractivity contribution is -0.140. The van der Waals surface area contributed by atoms with E-state index in [9.17, 15) is 14.7 Å². The average Bonchev–Trinajstić information content (AvgIpc) is 2.95. The Morgan fingerprint density at radius 3 is 2.33 bits per heavy atom. The molecule has 0 unspecified atom stereocenters. The van der Waals surface area contributed by atoms with Gasteiger partial charge in [-0.05, 0) is 92.0 Å². The third-order valence-electron chi connectivity index (χ3n) is 4.60. The maximum absolute atomic E-state index is 13.3. The Labute approximate surface area is 196 Å². The zero-order valence-electron chi connectivity index (χ0n) is 16.2. The first-order valence-corrected chi connectivity index (χ1v) is 11.0. The van der Waals surface area contributed by atoms with Gasteiger partial charge < -0.3 is 14.7 Å². The molecule has 3 rings (SSSR count). The van der Waals surface area contributed by atoms with Gasteiger partial charge in [0.1, 0.15) is 18.0 Å². The van der Waals surface area contributed by atoms with E-state index < -0.39 is 5.97 Å². The van der Waals surface area contributed by atoms with Gasteiger partial charge in [-0.2, -0.15) is 0 Å². The number of ether oxygens (including phenoxy) is 1. The van der Waals surface area contributed by atoms with Gasteiger partial charge in [0.15, 0.2) is 5.11 Å². The summed E-state index contributed by atoms with van der Waals surface area (Å²) in [5.74, 6) is -0.824. The Morgan fingerprint density at radius 2 is 1.80 bits per heavy atom. The molecule has 0 saturated carbocycles. The molecular formula is C21H18Br2N2O4S. The second-order valence-corrected chi connectivity index (χ2v) is 8.54. The van der Waals surface area contributed by atoms with Crippen molar-refractivity contribution in [1.29, 1.82) is 0 Å². The van der Waals surface area contributed by atoms with Crippen LogP contribution in [-0.2, 0) is 20.7 Å². The van der Waals surface area contributed by atoms with Crippen molar-refractivity contribution in [2.45, 2.75) is 13.3 Å². The summed E-state index contributed by atoms with van der Waals surface area (Å²) in [5, 5.41) is 10.1. The molecule has 1 N–H and O–H groups in total. The van der Waals surface area contributed by atoms with Gasteiger partial charge >= 0.3 is 5.97 Å². The maximum atomic E-state index is 13.3. The lowest BCUT2D eigenvalue weighted by Gasteiger charge is -2.19. The monoisotopic (exact) mass is 552 g/mol. The molecule has 1 fully saturated rings. The minimum absolute atomic E-state index is 0.0504. The van der Waals surface area contributed by atoms with Gasteiger partial charge in [0.25, 0.3) is 5.91 Å². The van der Waals surface area contributed by atoms with E-state index in [0.29, 0.717) is 20.2 Å². The van der Waals surface area contributed by atoms with Crippen LogP contribution in [0.5, 0.6) is 5.75 Å². The van der Waals surface area contributed by atoms with Gasteiger partial charge in [-0.25, -0.2) is 0 Å². The Balaban J connectivity index is 2.07. The Kier molecular flexibility index (Phi) is 6.95. The third-order valence-corrected chi connectivity index (χ3v) is 6.21. The number of methoxy groups -OCH3 is 1. The van der Waals surface area contributed by atoms with Crippen LogP contribution in [0.15, 0.2) is 51.0 Å². The van der Waals surface area contributed by atoms with Crippen LogP contribution >= 0.6 is 44.1 Å². The first-order chi connectivity index (χ1) is 14.3. The van der Waals surface area contributed by atoms with Crippen molar-refractivity contribution in [2.24, 2.45) is 0 Å². The van der Waals surface area contributed by atoms with Crippen molar-refractivity contribution in [3.8, 4) is 5.75 Å². The van der Waals surface area contributed by atoms with Crippen molar-refractivity contribution in [3.05, 3.63) is 62.2 Å². The van der Waals surface area contributed by atoms with Gasteiger partial charge in [-0.3, -0.25) is 14.5 Å². The molecule has 2 aromatic rings. The Bertz CT molecular complexity index is 1030. The van der Waals surface area contributed by atoms with E-state index in [4.69, 9.17) is 17.0 Å². The number of esters is 1. The van der Waals surface area contributed by atoms with Crippen LogP contribution in [-0.4, -0.2) is 40.6 Å². The SMILES string of the molecule is CCc1ccc(N2C(=O)/C(=C/c3cc(Br)c(O)c(Br)c3)N(CC(=O)OC)C2=S)cc1. The highest BCUT2D eigenvalue weighted by Gasteiger charge is 2.40. The van der Waals surface area contributed by atoms with Gasteiger partial charge in [0, 0.05) is 0 Å². The van der Waals surface area contributed by atoms with E-state index in [1.807, 2.05) is 31.2 Å². The molecular weight excluding hydrogens is 536 g/mol. The van der Waals surface area contributed by atoms with Gasteiger partial charge in [-0.15, -0.1) is 0 Å². The summed E-state index contributed by atoms with van der Waals surface area (Å²) in [7, 11) is 1.28. The highest BCUT2D eigenvalue weighted by atomic mass is 79.9. The molecule has 156 valence electrons. The zero-order valence-corrected chi connectivity index (χ0v) is 20.2. The number of nitrogens with zero attached hydrogens (tertiary/aromatic N) is 2. The van der Waals surface area contributed by atoms with Crippen molar-refractivity contribution in [1.82, 2.24) is 4.90 Å². The molecule has 1 heterocycles. The molecule has 6 nitrogen and oxygen atoms in total. The third kappa shape index (κ3) is 4.43. The van der Waals surface area contributed by atoms with E-state index in [0.717, 1.165) is 12.0 Å². The van der Waals surface area contributed by atoms with Crippen LogP contribution in [0.1, 0.15) is 18.1 Å². The Morgan fingerprint density at radius 1 is 1.20 bits per heavy atom. The van der Waals surface area contributed by atoms with Crippen molar-refractivity contribution < 1.29 is 19.4 Å². The summed E-state index contributed by atoms with van der Waals surface area (Å²) >= 11 is 12.1. The molecule has 1 amide bonds. The number of aryl methyl sites for hydroxylation is 1. The summed E-state index contributed by atoms with van der Waals surface area (Å²) in [5.41, 5.74) is 2.62. The number of benzene rings is 2. The number of thiocarbonyl (C=S) groups is 1. The molecule has 0 bridgehead atoms. The lowest BCUT2D eigenvalue weighted by Crippen LogP contribution is -2.35. The fourth-order valence-electron chi connectivity index (χ4n) is 2.96. The number of anilines is 1. The molecule has 0 aliphatic carbocycles. The molecule has 1 aliphatic rings. The van der Waals surface area contributed by atoms with Crippen LogP contribution < -0.4 is 4.90 Å². The van der Waals surface area contributed by atoms with E-state index in [-0.39, 0.29) is 29.0 Å². The molecule has 9 heteroatoms. The van der Waals surface area contributed by atoms with E-state index in [2.05, 4.69) is 31.9 Å². The summed E-state index contributed by atoms with van der Waals surface area (Å²) in [4.78, 5) is 28.1. The minimum Gasteiger partial charge on any atom is -0.506 e. The molecule has 1 aliphatic heterocycles. The number of rotatable bonds is 5. The largest absolute Gasteiger partial charge is 0.506 e. The fourth-order valence-corrected chi connectivity index (χ4v) is 4.53. The van der Waals surface area contributed by atoms with Crippen molar-refractivity contribution >= 4 is 72.8 Å². The molecule has 0 atom stereocenters. The second-order valence-electron chi connectivity index (χ2n) is 6.47. The minimum atomic E-state index is -0.521. The summed E-state index contributed by atoms with van der Waals surface area (Å²) in [6, 6.07) is 10.9. The number of hydrogen-bond acceptors (Lipinski definition) is 5. The van der Waals surface area contributed by atoms with Crippen LogP contribution in [0.2, 0.25) is 0 Å². The molecule has 30 heavy (non-hydrogen) atoms. The first-order valence-electron chi connectivity index (χ1n) is 8.98. The fraction of sp³-hybridized carbons (Fsp3) is 0.190. The highest BCUT2D eigenvalue weighted by Crippen LogP contribution is 2.35. The molecule has 2 aromatic carbocycles. The number of phenolic OH excluding ortho intramolecular Hbond substituents is 1. The van der Waals surface area contributed by atoms with Crippen molar-refractivity contribution in [2.75, 3.05) is 18.6 Å². The van der Waals surface area contributed by atoms with Gasteiger partial charge in [-0.1, -0.05) is 19.1 Å². The first kappa shape index (κ1) is 22.5. The van der Waals surface area contributed by atoms with Crippen molar-refractivity contribution in [3.63, 3.8) is 0 Å². The van der Waals surface area contributed by atoms with Gasteiger partial charge in [0.2, 0.25) is 0 Å². The Hall–Kier alpha value is -2.23. The van der Waals surface area contributed by atoms with Crippen LogP contribution in [0.4, 0.5) is 5.69 Å². The van der Waals surface area contributed by atoms with E-state index in [1.165, 1.54) is 16.9 Å². The van der Waals surface area contributed by atoms with Crippen LogP contribution in [0.25, 0.3) is 6.08 Å². The van der Waals surface area contributed by atoms with E-state index >= 15 is 0 Å². The van der Waals surface area contributed by atoms with Gasteiger partial charge in [0.05, 0.1) is 21.7 Å². The standard InChI is InChI=1S/C21H18Br2N2O4S/c1-3-12-4-6-14(7-5-12)25-20(28)17(24(21(25)30)11-18(26)29-2)10-13-8-15(22)19(27)16(23)9-13/h4-10,27H,3,11H2,1-2H3/b17-10-. The second kappa shape index (κ2) is 9.28. The van der Waals surface area contributed by atoms with Crippen LogP contribution in [0.3, 0.4) is 0 Å². The molecule has 0 aromatic heterocycles. The summed E-state index contributed by atoms with van der Waals surface area (Å²) in [6.45, 7) is 1.85. The maximum Gasteiger partial charge on any atom is 0.325 e. The van der Waals surface area contributed by atoms with Crippen LogP contribution in [0, 0.1) is 0 Å². The number of aromatic hydroxyl groups is 1. The summed E-state index contributed by atoms with van der Waals surface area (Å²) in [6.07, 6.45) is 2.50. The topological polar surface area (TPSA) is 70.1 Å². The smallest absolute Gasteiger partial charge is 0.325 e.